The molecule has 0 bridgehead atoms. The number of methoxy groups -OCH3 is 1. The van der Waals surface area contributed by atoms with E-state index in [0.29, 0.717) is 24.5 Å². The lowest BCUT2D eigenvalue weighted by atomic mass is 9.69. The molecular weight excluding hydrogens is 416 g/mol. The molecule has 0 spiro atoms. The molecule has 1 aliphatic heterocycles. The highest BCUT2D eigenvalue weighted by molar-refractivity contribution is 5.68. The van der Waals surface area contributed by atoms with Crippen LogP contribution in [0.25, 0.3) is 5.65 Å². The normalized spacial score (nSPS) is 26.7. The van der Waals surface area contributed by atoms with Gasteiger partial charge in [-0.2, -0.15) is 5.10 Å². The fourth-order valence-electron chi connectivity index (χ4n) is 5.56. The van der Waals surface area contributed by atoms with E-state index in [4.69, 9.17) is 19.6 Å². The zero-order valence-electron chi connectivity index (χ0n) is 21.3. The summed E-state index contributed by atoms with van der Waals surface area (Å²) in [7, 11) is 1.44. The van der Waals surface area contributed by atoms with Gasteiger partial charge in [-0.25, -0.2) is 14.3 Å². The molecule has 1 saturated heterocycles. The van der Waals surface area contributed by atoms with Crippen molar-refractivity contribution in [1.29, 1.82) is 0 Å². The van der Waals surface area contributed by atoms with Crippen LogP contribution in [-0.2, 0) is 9.47 Å². The molecule has 0 aromatic carbocycles. The van der Waals surface area contributed by atoms with Gasteiger partial charge in [0.05, 0.1) is 37.7 Å². The zero-order valence-corrected chi connectivity index (χ0v) is 21.3. The Bertz CT molecular complexity index is 985. The highest BCUT2D eigenvalue weighted by Crippen LogP contribution is 2.43. The molecule has 3 heterocycles. The first-order valence-corrected chi connectivity index (χ1v) is 12.4. The molecule has 7 heteroatoms. The highest BCUT2D eigenvalue weighted by atomic mass is 16.5. The Labute approximate surface area is 197 Å². The Balaban J connectivity index is 1.60. The Morgan fingerprint density at radius 3 is 2.48 bits per heavy atom. The number of morpholine rings is 1. The number of carbonyl (C=O) groups is 1. The summed E-state index contributed by atoms with van der Waals surface area (Å²) in [6, 6.07) is 4.19. The molecule has 182 valence electrons. The van der Waals surface area contributed by atoms with Crippen molar-refractivity contribution in [3.8, 4) is 0 Å². The van der Waals surface area contributed by atoms with E-state index in [1.54, 1.807) is 4.90 Å². The first-order chi connectivity index (χ1) is 15.6. The Morgan fingerprint density at radius 2 is 1.88 bits per heavy atom. The second-order valence-corrected chi connectivity index (χ2v) is 11.3. The number of hydrogen-bond donors (Lipinski definition) is 0. The SMILES string of the molecule is COC(=O)N1C[C@H](c2cc(C)nc3cc([C@H]4CC[C@H](C(C)(C)C)CC4)nn23)OC[C@@H]1C(C)C. The molecule has 1 aliphatic carbocycles. The van der Waals surface area contributed by atoms with Crippen molar-refractivity contribution in [2.75, 3.05) is 20.3 Å². The van der Waals surface area contributed by atoms with Gasteiger partial charge in [-0.05, 0) is 55.9 Å². The van der Waals surface area contributed by atoms with E-state index in [-0.39, 0.29) is 24.2 Å². The van der Waals surface area contributed by atoms with E-state index in [9.17, 15) is 4.79 Å². The minimum atomic E-state index is -0.305. The quantitative estimate of drug-likeness (QED) is 0.608. The van der Waals surface area contributed by atoms with Crippen molar-refractivity contribution in [3.05, 3.63) is 29.2 Å². The summed E-state index contributed by atoms with van der Waals surface area (Å²) in [6.07, 6.45) is 4.27. The Hall–Kier alpha value is -2.15. The maximum absolute atomic E-state index is 12.5. The molecule has 1 saturated carbocycles. The number of aryl methyl sites for hydroxylation is 1. The van der Waals surface area contributed by atoms with Crippen LogP contribution in [0, 0.1) is 24.2 Å². The van der Waals surface area contributed by atoms with Crippen molar-refractivity contribution < 1.29 is 14.3 Å². The van der Waals surface area contributed by atoms with Crippen LogP contribution in [0.1, 0.15) is 89.4 Å². The van der Waals surface area contributed by atoms with E-state index < -0.39 is 0 Å². The number of amides is 1. The van der Waals surface area contributed by atoms with E-state index in [1.807, 2.05) is 17.5 Å². The maximum atomic E-state index is 12.5. The number of aromatic nitrogens is 3. The van der Waals surface area contributed by atoms with E-state index >= 15 is 0 Å². The molecule has 2 aromatic rings. The maximum Gasteiger partial charge on any atom is 0.409 e. The van der Waals surface area contributed by atoms with Gasteiger partial charge in [-0.1, -0.05) is 34.6 Å². The third kappa shape index (κ3) is 4.88. The van der Waals surface area contributed by atoms with Gasteiger partial charge >= 0.3 is 6.09 Å². The van der Waals surface area contributed by atoms with Crippen molar-refractivity contribution in [2.45, 2.75) is 85.3 Å². The molecule has 7 nitrogen and oxygen atoms in total. The zero-order chi connectivity index (χ0) is 23.9. The average Bonchev–Trinajstić information content (AvgIpc) is 3.21. The molecule has 2 aliphatic rings. The molecule has 2 fully saturated rings. The van der Waals surface area contributed by atoms with Crippen molar-refractivity contribution >= 4 is 11.7 Å². The predicted molar refractivity (Wildman–Crippen MR) is 128 cm³/mol. The van der Waals surface area contributed by atoms with Gasteiger partial charge in [0.15, 0.2) is 5.65 Å². The monoisotopic (exact) mass is 456 g/mol. The molecule has 1 amide bonds. The summed E-state index contributed by atoms with van der Waals surface area (Å²) >= 11 is 0. The number of rotatable bonds is 3. The van der Waals surface area contributed by atoms with Crippen molar-refractivity contribution in [2.24, 2.45) is 17.3 Å². The average molecular weight is 457 g/mol. The highest BCUT2D eigenvalue weighted by Gasteiger charge is 2.37. The summed E-state index contributed by atoms with van der Waals surface area (Å²) in [6.45, 7) is 14.2. The lowest BCUT2D eigenvalue weighted by molar-refractivity contribution is -0.0716. The predicted octanol–water partition coefficient (Wildman–Crippen LogP) is 5.52. The summed E-state index contributed by atoms with van der Waals surface area (Å²) in [5.74, 6) is 1.53. The topological polar surface area (TPSA) is 69.0 Å². The number of ether oxygens (including phenoxy) is 2. The van der Waals surface area contributed by atoms with Crippen LogP contribution >= 0.6 is 0 Å². The molecule has 0 unspecified atom stereocenters. The van der Waals surface area contributed by atoms with E-state index in [2.05, 4.69) is 40.7 Å². The van der Waals surface area contributed by atoms with Crippen LogP contribution in [0.5, 0.6) is 0 Å². The Morgan fingerprint density at radius 1 is 1.18 bits per heavy atom. The minimum Gasteiger partial charge on any atom is -0.453 e. The lowest BCUT2D eigenvalue weighted by Crippen LogP contribution is -2.52. The number of fused-ring (bicyclic) bond motifs is 1. The molecule has 33 heavy (non-hydrogen) atoms. The van der Waals surface area contributed by atoms with E-state index in [0.717, 1.165) is 28.6 Å². The van der Waals surface area contributed by atoms with Gasteiger partial charge in [-0.15, -0.1) is 0 Å². The van der Waals surface area contributed by atoms with E-state index in [1.165, 1.54) is 32.8 Å². The summed E-state index contributed by atoms with van der Waals surface area (Å²) in [4.78, 5) is 19.1. The summed E-state index contributed by atoms with van der Waals surface area (Å²) in [5.41, 5.74) is 4.23. The largest absolute Gasteiger partial charge is 0.453 e. The van der Waals surface area contributed by atoms with Crippen LogP contribution in [-0.4, -0.2) is 51.9 Å². The van der Waals surface area contributed by atoms with Gasteiger partial charge in [0.2, 0.25) is 0 Å². The third-order valence-electron chi connectivity index (χ3n) is 7.71. The Kier molecular flexibility index (Phi) is 6.72. The number of carbonyl (C=O) groups excluding carboxylic acids is 1. The molecule has 0 radical (unpaired) electrons. The first-order valence-electron chi connectivity index (χ1n) is 12.4. The van der Waals surface area contributed by atoms with Gasteiger partial charge in [0.1, 0.15) is 6.10 Å². The third-order valence-corrected chi connectivity index (χ3v) is 7.71. The van der Waals surface area contributed by atoms with Gasteiger partial charge in [0.25, 0.3) is 0 Å². The van der Waals surface area contributed by atoms with Crippen LogP contribution in [0.4, 0.5) is 4.79 Å². The second kappa shape index (κ2) is 9.24. The van der Waals surface area contributed by atoms with Crippen molar-refractivity contribution in [3.63, 3.8) is 0 Å². The lowest BCUT2D eigenvalue weighted by Gasteiger charge is -2.40. The standard InChI is InChI=1S/C26H40N4O3/c1-16(2)22-15-33-23(14-29(22)25(31)32-7)21-12-17(3)27-24-13-20(28-30(21)24)18-8-10-19(11-9-18)26(4,5)6/h12-13,16,18-19,22-23H,8-11,14-15H2,1-7H3/t18-,19-,22-,23-/m1/s1. The molecule has 0 N–H and O–H groups in total. The minimum absolute atomic E-state index is 0.00157. The molecular formula is C26H40N4O3. The van der Waals surface area contributed by atoms with Crippen molar-refractivity contribution in [1.82, 2.24) is 19.5 Å². The molecule has 2 aromatic heterocycles. The number of nitrogens with zero attached hydrogens (tertiary/aromatic N) is 4. The van der Waals surface area contributed by atoms with Crippen LogP contribution in [0.3, 0.4) is 0 Å². The fraction of sp³-hybridized carbons (Fsp3) is 0.731. The smallest absolute Gasteiger partial charge is 0.409 e. The summed E-state index contributed by atoms with van der Waals surface area (Å²) < 4.78 is 13.3. The van der Waals surface area contributed by atoms with Gasteiger partial charge in [-0.3, -0.25) is 4.90 Å². The van der Waals surface area contributed by atoms with Crippen LogP contribution in [0.15, 0.2) is 12.1 Å². The second-order valence-electron chi connectivity index (χ2n) is 11.3. The van der Waals surface area contributed by atoms with Gasteiger partial charge < -0.3 is 9.47 Å². The fourth-order valence-corrected chi connectivity index (χ4v) is 5.56. The van der Waals surface area contributed by atoms with Gasteiger partial charge in [0, 0.05) is 17.7 Å². The van der Waals surface area contributed by atoms with Crippen LogP contribution in [0.2, 0.25) is 0 Å². The molecule has 4 rings (SSSR count). The number of hydrogen-bond acceptors (Lipinski definition) is 5. The first kappa shape index (κ1) is 24.0. The van der Waals surface area contributed by atoms with Crippen LogP contribution < -0.4 is 0 Å². The summed E-state index contributed by atoms with van der Waals surface area (Å²) in [5, 5.41) is 5.02. The molecule has 2 atom stereocenters.